The second-order valence-corrected chi connectivity index (χ2v) is 4.28. The summed E-state index contributed by atoms with van der Waals surface area (Å²) in [6.45, 7) is 1.84. The van der Waals surface area contributed by atoms with Gasteiger partial charge in [-0.3, -0.25) is 4.79 Å². The molecule has 0 atom stereocenters. The summed E-state index contributed by atoms with van der Waals surface area (Å²) in [5, 5.41) is 2.80. The minimum Gasteiger partial charge on any atom is -0.368 e. The number of rotatable bonds is 2. The average Bonchev–Trinajstić information content (AvgIpc) is 2.53. The van der Waals surface area contributed by atoms with Crippen LogP contribution >= 0.6 is 0 Å². The zero-order valence-corrected chi connectivity index (χ0v) is 10.6. The van der Waals surface area contributed by atoms with E-state index in [1.807, 2.05) is 19.0 Å². The first-order valence-electron chi connectivity index (χ1n) is 5.77. The standard InChI is InChI=1S/C10H17N7O/c1-16(2)9-13-8(11)14-10(15-9)17-5-3-7(18)12-4-6-17/h3-6H2,1-2H3,(H,12,18)(H2,11,13,14,15). The van der Waals surface area contributed by atoms with Gasteiger partial charge in [-0.1, -0.05) is 0 Å². The largest absolute Gasteiger partial charge is 0.368 e. The molecule has 1 aromatic heterocycles. The van der Waals surface area contributed by atoms with Crippen molar-refractivity contribution in [2.75, 3.05) is 49.3 Å². The molecule has 0 unspecified atom stereocenters. The molecule has 98 valence electrons. The van der Waals surface area contributed by atoms with E-state index in [1.165, 1.54) is 0 Å². The topological polar surface area (TPSA) is 100 Å². The Morgan fingerprint density at radius 2 is 2.06 bits per heavy atom. The summed E-state index contributed by atoms with van der Waals surface area (Å²) in [5.74, 6) is 1.27. The number of amides is 1. The Morgan fingerprint density at radius 1 is 1.28 bits per heavy atom. The molecule has 8 nitrogen and oxygen atoms in total. The highest BCUT2D eigenvalue weighted by molar-refractivity contribution is 5.77. The molecule has 3 N–H and O–H groups in total. The first kappa shape index (κ1) is 12.3. The van der Waals surface area contributed by atoms with Crippen LogP contribution in [0.2, 0.25) is 0 Å². The van der Waals surface area contributed by atoms with Crippen LogP contribution in [0.1, 0.15) is 6.42 Å². The Kier molecular flexibility index (Phi) is 3.45. The molecule has 1 aromatic rings. The summed E-state index contributed by atoms with van der Waals surface area (Å²) in [6, 6.07) is 0. The van der Waals surface area contributed by atoms with Crippen molar-refractivity contribution < 1.29 is 4.79 Å². The molecule has 1 fully saturated rings. The smallest absolute Gasteiger partial charge is 0.232 e. The number of aromatic nitrogens is 3. The minimum atomic E-state index is 0.0485. The highest BCUT2D eigenvalue weighted by Gasteiger charge is 2.17. The number of anilines is 3. The first-order chi connectivity index (χ1) is 8.56. The molecule has 18 heavy (non-hydrogen) atoms. The van der Waals surface area contributed by atoms with E-state index in [1.54, 1.807) is 4.90 Å². The van der Waals surface area contributed by atoms with Crippen LogP contribution in [-0.2, 0) is 4.79 Å². The molecule has 8 heteroatoms. The number of carbonyl (C=O) groups excluding carboxylic acids is 1. The normalized spacial score (nSPS) is 16.1. The Bertz CT molecular complexity index is 448. The summed E-state index contributed by atoms with van der Waals surface area (Å²) in [7, 11) is 3.68. The molecule has 0 aromatic carbocycles. The lowest BCUT2D eigenvalue weighted by molar-refractivity contribution is -0.120. The van der Waals surface area contributed by atoms with Crippen molar-refractivity contribution in [2.24, 2.45) is 0 Å². The van der Waals surface area contributed by atoms with E-state index in [2.05, 4.69) is 20.3 Å². The molecule has 0 saturated carbocycles. The lowest BCUT2D eigenvalue weighted by Crippen LogP contribution is -2.30. The third-order valence-electron chi connectivity index (χ3n) is 2.62. The van der Waals surface area contributed by atoms with Crippen LogP contribution < -0.4 is 20.9 Å². The molecule has 0 radical (unpaired) electrons. The maximum atomic E-state index is 11.3. The van der Waals surface area contributed by atoms with Gasteiger partial charge in [0.2, 0.25) is 23.8 Å². The maximum Gasteiger partial charge on any atom is 0.232 e. The molecule has 1 aliphatic heterocycles. The van der Waals surface area contributed by atoms with Crippen LogP contribution in [0.5, 0.6) is 0 Å². The molecule has 1 aliphatic rings. The number of hydrogen-bond donors (Lipinski definition) is 2. The summed E-state index contributed by atoms with van der Waals surface area (Å²) < 4.78 is 0. The van der Waals surface area contributed by atoms with Gasteiger partial charge in [-0.15, -0.1) is 0 Å². The van der Waals surface area contributed by atoms with Crippen LogP contribution in [0.3, 0.4) is 0 Å². The van der Waals surface area contributed by atoms with Crippen molar-refractivity contribution >= 4 is 23.8 Å². The second-order valence-electron chi connectivity index (χ2n) is 4.28. The second kappa shape index (κ2) is 5.03. The number of nitrogens with two attached hydrogens (primary N) is 1. The van der Waals surface area contributed by atoms with E-state index in [0.717, 1.165) is 0 Å². The van der Waals surface area contributed by atoms with Crippen LogP contribution in [0, 0.1) is 0 Å². The highest BCUT2D eigenvalue weighted by Crippen LogP contribution is 2.14. The minimum absolute atomic E-state index is 0.0485. The fraction of sp³-hybridized carbons (Fsp3) is 0.600. The Hall–Kier alpha value is -2.12. The zero-order valence-electron chi connectivity index (χ0n) is 10.6. The van der Waals surface area contributed by atoms with Crippen molar-refractivity contribution in [1.29, 1.82) is 0 Å². The number of nitrogens with zero attached hydrogens (tertiary/aromatic N) is 5. The van der Waals surface area contributed by atoms with E-state index in [-0.39, 0.29) is 11.9 Å². The van der Waals surface area contributed by atoms with E-state index in [9.17, 15) is 4.79 Å². The quantitative estimate of drug-likeness (QED) is 0.684. The fourth-order valence-electron chi connectivity index (χ4n) is 1.68. The molecule has 0 aliphatic carbocycles. The van der Waals surface area contributed by atoms with Gasteiger partial charge in [-0.05, 0) is 0 Å². The molecular formula is C10H17N7O. The van der Waals surface area contributed by atoms with Crippen molar-refractivity contribution in [1.82, 2.24) is 20.3 Å². The fourth-order valence-corrected chi connectivity index (χ4v) is 1.68. The summed E-state index contributed by atoms with van der Waals surface area (Å²) in [5.41, 5.74) is 5.67. The van der Waals surface area contributed by atoms with Crippen LogP contribution in [0.25, 0.3) is 0 Å². The van der Waals surface area contributed by atoms with Crippen molar-refractivity contribution in [3.8, 4) is 0 Å². The van der Waals surface area contributed by atoms with E-state index in [4.69, 9.17) is 5.73 Å². The first-order valence-corrected chi connectivity index (χ1v) is 5.77. The SMILES string of the molecule is CN(C)c1nc(N)nc(N2CCNC(=O)CC2)n1. The van der Waals surface area contributed by atoms with Gasteiger partial charge in [0.25, 0.3) is 0 Å². The van der Waals surface area contributed by atoms with Crippen LogP contribution in [-0.4, -0.2) is 54.6 Å². The third kappa shape index (κ3) is 2.76. The Morgan fingerprint density at radius 3 is 2.78 bits per heavy atom. The lowest BCUT2D eigenvalue weighted by Gasteiger charge is -2.20. The number of hydrogen-bond acceptors (Lipinski definition) is 7. The average molecular weight is 251 g/mol. The molecule has 0 spiro atoms. The van der Waals surface area contributed by atoms with Gasteiger partial charge in [-0.25, -0.2) is 0 Å². The summed E-state index contributed by atoms with van der Waals surface area (Å²) >= 11 is 0. The van der Waals surface area contributed by atoms with Gasteiger partial charge >= 0.3 is 0 Å². The third-order valence-corrected chi connectivity index (χ3v) is 2.62. The van der Waals surface area contributed by atoms with Gasteiger partial charge < -0.3 is 20.9 Å². The number of nitrogens with one attached hydrogen (secondary N) is 1. The summed E-state index contributed by atoms with van der Waals surface area (Å²) in [6.07, 6.45) is 0.433. The molecule has 1 saturated heterocycles. The van der Waals surface area contributed by atoms with Gasteiger partial charge in [0.15, 0.2) is 0 Å². The van der Waals surface area contributed by atoms with Crippen molar-refractivity contribution in [2.45, 2.75) is 6.42 Å². The molecule has 2 rings (SSSR count). The lowest BCUT2D eigenvalue weighted by atomic mass is 10.4. The Balaban J connectivity index is 2.23. The monoisotopic (exact) mass is 251 g/mol. The highest BCUT2D eigenvalue weighted by atomic mass is 16.1. The molecular weight excluding hydrogens is 234 g/mol. The predicted octanol–water partition coefficient (Wildman–Crippen LogP) is -1.15. The van der Waals surface area contributed by atoms with E-state index < -0.39 is 0 Å². The maximum absolute atomic E-state index is 11.3. The van der Waals surface area contributed by atoms with Gasteiger partial charge in [-0.2, -0.15) is 15.0 Å². The number of nitrogen functional groups attached to an aromatic ring is 1. The van der Waals surface area contributed by atoms with Crippen LogP contribution in [0.15, 0.2) is 0 Å². The molecule has 1 amide bonds. The van der Waals surface area contributed by atoms with Crippen LogP contribution in [0.4, 0.5) is 17.8 Å². The van der Waals surface area contributed by atoms with E-state index >= 15 is 0 Å². The van der Waals surface area contributed by atoms with Gasteiger partial charge in [0, 0.05) is 40.2 Å². The Labute approximate surface area is 105 Å². The zero-order chi connectivity index (χ0) is 13.1. The van der Waals surface area contributed by atoms with E-state index in [0.29, 0.717) is 38.0 Å². The van der Waals surface area contributed by atoms with Crippen molar-refractivity contribution in [3.05, 3.63) is 0 Å². The van der Waals surface area contributed by atoms with Gasteiger partial charge in [0.1, 0.15) is 0 Å². The number of carbonyl (C=O) groups is 1. The predicted molar refractivity (Wildman–Crippen MR) is 68.4 cm³/mol. The van der Waals surface area contributed by atoms with Crippen molar-refractivity contribution in [3.63, 3.8) is 0 Å². The molecule has 0 bridgehead atoms. The summed E-state index contributed by atoms with van der Waals surface area (Å²) in [4.78, 5) is 27.5. The van der Waals surface area contributed by atoms with Gasteiger partial charge in [0.05, 0.1) is 0 Å². The molecule has 2 heterocycles.